The van der Waals surface area contributed by atoms with Crippen LogP contribution in [0.2, 0.25) is 0 Å². The topological polar surface area (TPSA) is 29.5 Å². The summed E-state index contributed by atoms with van der Waals surface area (Å²) in [4.78, 5) is 0. The molecule has 66 valence electrons. The van der Waals surface area contributed by atoms with Crippen molar-refractivity contribution in [3.63, 3.8) is 0 Å². The molecule has 0 bridgehead atoms. The van der Waals surface area contributed by atoms with E-state index in [1.165, 1.54) is 19.3 Å². The highest BCUT2D eigenvalue weighted by Gasteiger charge is 2.30. The van der Waals surface area contributed by atoms with Gasteiger partial charge in [-0.15, -0.1) is 0 Å². The van der Waals surface area contributed by atoms with Gasteiger partial charge >= 0.3 is 0 Å². The minimum absolute atomic E-state index is 0.302. The third-order valence-corrected chi connectivity index (χ3v) is 2.38. The quantitative estimate of drug-likeness (QED) is 0.615. The van der Waals surface area contributed by atoms with E-state index >= 15 is 0 Å². The van der Waals surface area contributed by atoms with Gasteiger partial charge in [0.1, 0.15) is 0 Å². The van der Waals surface area contributed by atoms with E-state index in [1.54, 1.807) is 0 Å². The van der Waals surface area contributed by atoms with Gasteiger partial charge in [-0.1, -0.05) is 26.2 Å². The van der Waals surface area contributed by atoms with Crippen LogP contribution in [0.1, 0.15) is 32.6 Å². The molecule has 0 aromatic rings. The summed E-state index contributed by atoms with van der Waals surface area (Å²) in [6.45, 7) is 3.27. The van der Waals surface area contributed by atoms with Crippen molar-refractivity contribution in [1.82, 2.24) is 0 Å². The lowest BCUT2D eigenvalue weighted by molar-refractivity contribution is -0.134. The maximum atomic E-state index is 8.83. The molecule has 0 aromatic carbocycles. The molecule has 2 heteroatoms. The first-order valence-electron chi connectivity index (χ1n) is 4.61. The standard InChI is InChI=1S/C9H18O2/c1-2-3-4-5-9-8(6-10)7-11-9/h8-10H,2-7H2,1H3. The second-order valence-corrected chi connectivity index (χ2v) is 3.31. The number of rotatable bonds is 5. The molecule has 0 amide bonds. The predicted molar refractivity (Wildman–Crippen MR) is 44.5 cm³/mol. The van der Waals surface area contributed by atoms with Gasteiger partial charge in [0.25, 0.3) is 0 Å². The zero-order valence-electron chi connectivity index (χ0n) is 7.25. The van der Waals surface area contributed by atoms with Gasteiger partial charge in [-0.05, 0) is 6.42 Å². The molecule has 2 atom stereocenters. The molecular formula is C9H18O2. The first-order valence-corrected chi connectivity index (χ1v) is 4.61. The average Bonchev–Trinajstić information content (AvgIpc) is 1.97. The van der Waals surface area contributed by atoms with E-state index in [0.29, 0.717) is 18.6 Å². The van der Waals surface area contributed by atoms with Crippen molar-refractivity contribution in [3.8, 4) is 0 Å². The SMILES string of the molecule is CCCCCC1OCC1CO. The Morgan fingerprint density at radius 1 is 1.45 bits per heavy atom. The Balaban J connectivity index is 1.98. The number of aliphatic hydroxyl groups is 1. The van der Waals surface area contributed by atoms with E-state index < -0.39 is 0 Å². The van der Waals surface area contributed by atoms with Crippen LogP contribution in [-0.2, 0) is 4.74 Å². The van der Waals surface area contributed by atoms with Crippen LogP contribution in [0, 0.1) is 5.92 Å². The number of aliphatic hydroxyl groups excluding tert-OH is 1. The van der Waals surface area contributed by atoms with Crippen molar-refractivity contribution in [3.05, 3.63) is 0 Å². The molecular weight excluding hydrogens is 140 g/mol. The third-order valence-electron chi connectivity index (χ3n) is 2.38. The van der Waals surface area contributed by atoms with E-state index in [-0.39, 0.29) is 0 Å². The monoisotopic (exact) mass is 158 g/mol. The summed E-state index contributed by atoms with van der Waals surface area (Å²) >= 11 is 0. The Hall–Kier alpha value is -0.0800. The summed E-state index contributed by atoms with van der Waals surface area (Å²) in [5.41, 5.74) is 0. The van der Waals surface area contributed by atoms with Crippen LogP contribution >= 0.6 is 0 Å². The van der Waals surface area contributed by atoms with Crippen LogP contribution in [0.4, 0.5) is 0 Å². The average molecular weight is 158 g/mol. The molecule has 1 heterocycles. The predicted octanol–water partition coefficient (Wildman–Crippen LogP) is 1.57. The molecule has 0 spiro atoms. The molecule has 2 unspecified atom stereocenters. The third kappa shape index (κ3) is 2.46. The number of hydrogen-bond donors (Lipinski definition) is 1. The van der Waals surface area contributed by atoms with E-state index in [0.717, 1.165) is 13.0 Å². The Morgan fingerprint density at radius 3 is 2.73 bits per heavy atom. The maximum absolute atomic E-state index is 8.83. The lowest BCUT2D eigenvalue weighted by atomic mass is 9.94. The van der Waals surface area contributed by atoms with E-state index in [1.807, 2.05) is 0 Å². The Kier molecular flexibility index (Phi) is 3.87. The fourth-order valence-corrected chi connectivity index (χ4v) is 1.45. The molecule has 1 aliphatic heterocycles. The number of hydrogen-bond acceptors (Lipinski definition) is 2. The zero-order chi connectivity index (χ0) is 8.10. The second kappa shape index (κ2) is 4.73. The Morgan fingerprint density at radius 2 is 2.27 bits per heavy atom. The van der Waals surface area contributed by atoms with Gasteiger partial charge in [-0.3, -0.25) is 0 Å². The normalized spacial score (nSPS) is 30.0. The van der Waals surface area contributed by atoms with E-state index in [9.17, 15) is 0 Å². The molecule has 1 fully saturated rings. The van der Waals surface area contributed by atoms with Gasteiger partial charge in [0, 0.05) is 5.92 Å². The van der Waals surface area contributed by atoms with Crippen LogP contribution in [0.15, 0.2) is 0 Å². The molecule has 11 heavy (non-hydrogen) atoms. The molecule has 0 aliphatic carbocycles. The second-order valence-electron chi connectivity index (χ2n) is 3.31. The van der Waals surface area contributed by atoms with Gasteiger partial charge in [0.2, 0.25) is 0 Å². The van der Waals surface area contributed by atoms with Crippen LogP contribution < -0.4 is 0 Å². The van der Waals surface area contributed by atoms with Gasteiger partial charge < -0.3 is 9.84 Å². The molecule has 1 aliphatic rings. The minimum Gasteiger partial charge on any atom is -0.396 e. The molecule has 0 aromatic heterocycles. The molecule has 1 saturated heterocycles. The smallest absolute Gasteiger partial charge is 0.0647 e. The van der Waals surface area contributed by atoms with E-state index in [2.05, 4.69) is 6.92 Å². The fourth-order valence-electron chi connectivity index (χ4n) is 1.45. The Labute approximate surface area is 68.6 Å². The summed E-state index contributed by atoms with van der Waals surface area (Å²) in [7, 11) is 0. The number of ether oxygens (including phenoxy) is 1. The van der Waals surface area contributed by atoms with Gasteiger partial charge in [0.05, 0.1) is 19.3 Å². The summed E-state index contributed by atoms with van der Waals surface area (Å²) in [5.74, 6) is 0.437. The summed E-state index contributed by atoms with van der Waals surface area (Å²) < 4.78 is 5.32. The molecule has 1 N–H and O–H groups in total. The van der Waals surface area contributed by atoms with Crippen LogP contribution in [0.3, 0.4) is 0 Å². The van der Waals surface area contributed by atoms with Crippen LogP contribution in [-0.4, -0.2) is 24.4 Å². The van der Waals surface area contributed by atoms with E-state index in [4.69, 9.17) is 9.84 Å². The zero-order valence-corrected chi connectivity index (χ0v) is 7.25. The van der Waals surface area contributed by atoms with Crippen molar-refractivity contribution >= 4 is 0 Å². The van der Waals surface area contributed by atoms with Gasteiger partial charge in [-0.2, -0.15) is 0 Å². The van der Waals surface area contributed by atoms with Crippen LogP contribution in [0.25, 0.3) is 0 Å². The highest BCUT2D eigenvalue weighted by molar-refractivity contribution is 4.77. The van der Waals surface area contributed by atoms with Crippen molar-refractivity contribution in [2.75, 3.05) is 13.2 Å². The molecule has 2 nitrogen and oxygen atoms in total. The molecule has 0 radical (unpaired) electrons. The van der Waals surface area contributed by atoms with Crippen molar-refractivity contribution in [2.45, 2.75) is 38.7 Å². The minimum atomic E-state index is 0.302. The van der Waals surface area contributed by atoms with Crippen molar-refractivity contribution in [2.24, 2.45) is 5.92 Å². The lowest BCUT2D eigenvalue weighted by Crippen LogP contribution is -2.41. The summed E-state index contributed by atoms with van der Waals surface area (Å²) in [5, 5.41) is 8.83. The maximum Gasteiger partial charge on any atom is 0.0647 e. The summed E-state index contributed by atoms with van der Waals surface area (Å²) in [6, 6.07) is 0. The summed E-state index contributed by atoms with van der Waals surface area (Å²) in [6.07, 6.45) is 5.30. The Bertz CT molecular complexity index is 102. The molecule has 0 saturated carbocycles. The van der Waals surface area contributed by atoms with Crippen molar-refractivity contribution < 1.29 is 9.84 Å². The molecule has 1 rings (SSSR count). The largest absolute Gasteiger partial charge is 0.396 e. The van der Waals surface area contributed by atoms with Crippen molar-refractivity contribution in [1.29, 1.82) is 0 Å². The highest BCUT2D eigenvalue weighted by atomic mass is 16.5. The van der Waals surface area contributed by atoms with Crippen LogP contribution in [0.5, 0.6) is 0 Å². The first kappa shape index (κ1) is 9.01. The van der Waals surface area contributed by atoms with Gasteiger partial charge in [0.15, 0.2) is 0 Å². The number of unbranched alkanes of at least 4 members (excludes halogenated alkanes) is 2. The first-order chi connectivity index (χ1) is 5.38. The fraction of sp³-hybridized carbons (Fsp3) is 1.00. The lowest BCUT2D eigenvalue weighted by Gasteiger charge is -2.35. The van der Waals surface area contributed by atoms with Gasteiger partial charge in [-0.25, -0.2) is 0 Å². The highest BCUT2D eigenvalue weighted by Crippen LogP contribution is 2.24.